The van der Waals surface area contributed by atoms with Crippen molar-refractivity contribution in [2.75, 3.05) is 12.8 Å². The first-order valence-corrected chi connectivity index (χ1v) is 9.32. The van der Waals surface area contributed by atoms with Crippen molar-refractivity contribution < 1.29 is 14.4 Å². The first-order valence-electron chi connectivity index (χ1n) is 7.56. The second kappa shape index (κ2) is 10.1. The maximum atomic E-state index is 12.6. The minimum absolute atomic E-state index is 0.0792. The van der Waals surface area contributed by atoms with Crippen molar-refractivity contribution in [3.63, 3.8) is 0 Å². The van der Waals surface area contributed by atoms with E-state index in [0.29, 0.717) is 22.8 Å². The first-order chi connectivity index (χ1) is 11.8. The molecule has 0 saturated heterocycles. The first kappa shape index (κ1) is 21.1. The van der Waals surface area contributed by atoms with Crippen LogP contribution in [-0.2, 0) is 4.84 Å². The van der Waals surface area contributed by atoms with E-state index in [2.05, 4.69) is 5.16 Å². The predicted molar refractivity (Wildman–Crippen MR) is 102 cm³/mol. The normalized spacial score (nSPS) is 11.6. The van der Waals surface area contributed by atoms with E-state index in [4.69, 9.17) is 10.1 Å². The van der Waals surface area contributed by atoms with Gasteiger partial charge in [0.25, 0.3) is 0 Å². The average Bonchev–Trinajstić information content (AvgIpc) is 2.59. The van der Waals surface area contributed by atoms with Crippen LogP contribution < -0.4 is 0 Å². The number of hydrogen-bond donors (Lipinski definition) is 0. The number of Topliss-reactive ketones (excluding diaryl/α,β-unsaturated/α-hetero) is 1. The minimum Gasteiger partial charge on any atom is -0.296 e. The van der Waals surface area contributed by atoms with Crippen molar-refractivity contribution in [1.29, 1.82) is 5.26 Å². The highest BCUT2D eigenvalue weighted by molar-refractivity contribution is 8.13. The van der Waals surface area contributed by atoms with Gasteiger partial charge in [-0.05, 0) is 32.7 Å². The van der Waals surface area contributed by atoms with Crippen LogP contribution in [0.2, 0.25) is 0 Å². The molecule has 0 heterocycles. The van der Waals surface area contributed by atoms with Gasteiger partial charge in [-0.3, -0.25) is 13.9 Å². The third-order valence-electron chi connectivity index (χ3n) is 2.98. The highest BCUT2D eigenvalue weighted by Gasteiger charge is 2.33. The number of ketones is 1. The summed E-state index contributed by atoms with van der Waals surface area (Å²) in [4.78, 5) is 29.5. The van der Waals surface area contributed by atoms with Crippen molar-refractivity contribution in [2.24, 2.45) is 5.16 Å². The molecule has 0 aliphatic heterocycles. The maximum Gasteiger partial charge on any atom is 0.445 e. The molecule has 0 aliphatic rings. The fraction of sp³-hybridized carbons (Fsp3) is 0.412. The van der Waals surface area contributed by atoms with E-state index < -0.39 is 10.8 Å². The number of oxime groups is 1. The van der Waals surface area contributed by atoms with Gasteiger partial charge in [-0.2, -0.15) is 5.26 Å². The molecule has 0 aromatic heterocycles. The van der Waals surface area contributed by atoms with Gasteiger partial charge in [0.1, 0.15) is 5.04 Å². The van der Waals surface area contributed by atoms with Gasteiger partial charge in [-0.1, -0.05) is 35.5 Å². The van der Waals surface area contributed by atoms with Gasteiger partial charge in [0.15, 0.2) is 5.78 Å². The fourth-order valence-electron chi connectivity index (χ4n) is 1.79. The summed E-state index contributed by atoms with van der Waals surface area (Å²) in [7, 11) is 1.53. The molecule has 0 saturated carbocycles. The highest BCUT2D eigenvalue weighted by atomic mass is 32.2. The Morgan fingerprint density at radius 2 is 1.96 bits per heavy atom. The van der Waals surface area contributed by atoms with Crippen molar-refractivity contribution in [3.8, 4) is 6.07 Å². The zero-order chi connectivity index (χ0) is 18.9. The third-order valence-corrected chi connectivity index (χ3v) is 4.95. The molecule has 1 aromatic carbocycles. The Kier molecular flexibility index (Phi) is 8.52. The van der Waals surface area contributed by atoms with E-state index in [0.717, 1.165) is 11.9 Å². The summed E-state index contributed by atoms with van der Waals surface area (Å²) in [6, 6.07) is 11.0. The number of hydrogen-bond acceptors (Lipinski definition) is 7. The number of nitrogens with zero attached hydrogens (tertiary/aromatic N) is 3. The van der Waals surface area contributed by atoms with Crippen LogP contribution in [0.4, 0.5) is 4.79 Å². The quantitative estimate of drug-likeness (QED) is 0.133. The van der Waals surface area contributed by atoms with Crippen LogP contribution in [0.1, 0.15) is 37.6 Å². The summed E-state index contributed by atoms with van der Waals surface area (Å²) < 4.78 is 0.410. The fourth-order valence-corrected chi connectivity index (χ4v) is 3.36. The molecule has 1 aromatic rings. The molecule has 0 fully saturated rings. The number of thioether (sulfide) groups is 1. The Bertz CT molecular complexity index is 669. The van der Waals surface area contributed by atoms with Gasteiger partial charge in [-0.15, -0.1) is 11.8 Å². The zero-order valence-electron chi connectivity index (χ0n) is 14.7. The predicted octanol–water partition coefficient (Wildman–Crippen LogP) is 4.34. The largest absolute Gasteiger partial charge is 0.445 e. The maximum absolute atomic E-state index is 12.6. The van der Waals surface area contributed by atoms with Crippen molar-refractivity contribution in [2.45, 2.75) is 31.9 Å². The summed E-state index contributed by atoms with van der Waals surface area (Å²) in [5.41, 5.74) is 0.588. The number of rotatable bonds is 7. The lowest BCUT2D eigenvalue weighted by molar-refractivity contribution is 0.0956. The van der Waals surface area contributed by atoms with Crippen LogP contribution in [0.15, 0.2) is 35.5 Å². The van der Waals surface area contributed by atoms with Crippen molar-refractivity contribution in [3.05, 3.63) is 35.9 Å². The summed E-state index contributed by atoms with van der Waals surface area (Å²) >= 11 is 2.42. The van der Waals surface area contributed by atoms with E-state index in [9.17, 15) is 9.59 Å². The average molecular weight is 380 g/mol. The standard InChI is InChI=1S/C17H21N3O3S2/c1-13(24-12-8-11-18)19-23-16(22)20(4)25-17(2,3)15(21)14-9-6-5-7-10-14/h5-7,9-10H,8,12H2,1-4H3. The lowest BCUT2D eigenvalue weighted by atomic mass is 10.0. The lowest BCUT2D eigenvalue weighted by Crippen LogP contribution is -2.34. The van der Waals surface area contributed by atoms with Gasteiger partial charge in [-0.25, -0.2) is 4.79 Å². The number of benzene rings is 1. The summed E-state index contributed by atoms with van der Waals surface area (Å²) in [5, 5.41) is 12.8. The van der Waals surface area contributed by atoms with Gasteiger partial charge < -0.3 is 0 Å². The molecular weight excluding hydrogens is 358 g/mol. The van der Waals surface area contributed by atoms with Crippen LogP contribution in [0.25, 0.3) is 0 Å². The van der Waals surface area contributed by atoms with Gasteiger partial charge in [0.2, 0.25) is 0 Å². The van der Waals surface area contributed by atoms with Crippen molar-refractivity contribution >= 4 is 40.6 Å². The minimum atomic E-state index is -0.838. The Labute approximate surface area is 156 Å². The molecule has 0 atom stereocenters. The van der Waals surface area contributed by atoms with E-state index >= 15 is 0 Å². The van der Waals surface area contributed by atoms with Crippen LogP contribution >= 0.6 is 23.7 Å². The van der Waals surface area contributed by atoms with Crippen molar-refractivity contribution in [1.82, 2.24) is 4.31 Å². The van der Waals surface area contributed by atoms with E-state index in [1.807, 2.05) is 12.1 Å². The number of nitriles is 1. The van der Waals surface area contributed by atoms with Gasteiger partial charge in [0.05, 0.1) is 10.8 Å². The topological polar surface area (TPSA) is 82.8 Å². The van der Waals surface area contributed by atoms with E-state index in [1.165, 1.54) is 23.1 Å². The Morgan fingerprint density at radius 3 is 2.56 bits per heavy atom. The lowest BCUT2D eigenvalue weighted by Gasteiger charge is -2.26. The van der Waals surface area contributed by atoms with Gasteiger partial charge in [0, 0.05) is 24.8 Å². The number of carbonyl (C=O) groups excluding carboxylic acids is 2. The molecular formula is C17H21N3O3S2. The zero-order valence-corrected chi connectivity index (χ0v) is 16.3. The second-order valence-corrected chi connectivity index (χ2v) is 8.56. The second-order valence-electron chi connectivity index (χ2n) is 5.52. The number of carbonyl (C=O) groups is 2. The third kappa shape index (κ3) is 7.20. The molecule has 6 nitrogen and oxygen atoms in total. The summed E-state index contributed by atoms with van der Waals surface area (Å²) in [5.74, 6) is 0.511. The van der Waals surface area contributed by atoms with Gasteiger partial charge >= 0.3 is 6.09 Å². The Hall–Kier alpha value is -1.98. The molecule has 0 unspecified atom stereocenters. The molecule has 0 spiro atoms. The molecule has 0 bridgehead atoms. The molecule has 1 rings (SSSR count). The summed E-state index contributed by atoms with van der Waals surface area (Å²) in [6.45, 7) is 5.21. The molecule has 8 heteroatoms. The molecule has 0 radical (unpaired) electrons. The SMILES string of the molecule is CC(=NOC(=O)N(C)SC(C)(C)C(=O)c1ccccc1)SCCC#N. The highest BCUT2D eigenvalue weighted by Crippen LogP contribution is 2.31. The molecule has 0 N–H and O–H groups in total. The molecule has 1 amide bonds. The monoisotopic (exact) mass is 379 g/mol. The van der Waals surface area contributed by atoms with Crippen LogP contribution in [-0.4, -0.2) is 38.8 Å². The smallest absolute Gasteiger partial charge is 0.296 e. The Balaban J connectivity index is 2.60. The van der Waals surface area contributed by atoms with Crippen LogP contribution in [0.5, 0.6) is 0 Å². The van der Waals surface area contributed by atoms with Crippen LogP contribution in [0.3, 0.4) is 0 Å². The molecule has 134 valence electrons. The summed E-state index contributed by atoms with van der Waals surface area (Å²) in [6.07, 6.45) is -0.268. The Morgan fingerprint density at radius 1 is 1.32 bits per heavy atom. The number of amides is 1. The van der Waals surface area contributed by atoms with E-state index in [1.54, 1.807) is 45.0 Å². The molecule has 25 heavy (non-hydrogen) atoms. The van der Waals surface area contributed by atoms with Crippen LogP contribution in [0, 0.1) is 11.3 Å². The van der Waals surface area contributed by atoms with E-state index in [-0.39, 0.29) is 5.78 Å². The molecule has 0 aliphatic carbocycles.